The van der Waals surface area contributed by atoms with Crippen molar-refractivity contribution in [2.45, 2.75) is 0 Å². The minimum absolute atomic E-state index is 0.708. The minimum atomic E-state index is -1.02. The largest absolute Gasteiger partial charge is 0.282 e. The fourth-order valence-electron chi connectivity index (χ4n) is 0.0943. The van der Waals surface area contributed by atoms with Crippen LogP contribution in [0.5, 0.6) is 0 Å². The molecule has 0 rings (SSSR count). The van der Waals surface area contributed by atoms with Gasteiger partial charge in [0.05, 0.1) is 0 Å². The van der Waals surface area contributed by atoms with Crippen LogP contribution in [0.2, 0.25) is 0 Å². The van der Waals surface area contributed by atoms with Crippen molar-refractivity contribution in [1.29, 1.82) is 0 Å². The van der Waals surface area contributed by atoms with E-state index in [1.165, 1.54) is 7.05 Å². The fraction of sp³-hybridized carbons (Fsp3) is 0.667. The highest BCUT2D eigenvalue weighted by atomic mass is 19.1. The molecule has 0 aromatic heterocycles. The number of carbonyl (C=O) groups excluding carboxylic acids is 1. The first-order valence-electron chi connectivity index (χ1n) is 1.75. The van der Waals surface area contributed by atoms with Gasteiger partial charge in [-0.1, -0.05) is 0 Å². The van der Waals surface area contributed by atoms with Crippen LogP contribution < -0.4 is 5.84 Å². The Morgan fingerprint density at radius 1 is 2.00 bits per heavy atom. The second-order valence-corrected chi connectivity index (χ2v) is 1.14. The second-order valence-electron chi connectivity index (χ2n) is 1.14. The third-order valence-corrected chi connectivity index (χ3v) is 0.508. The summed E-state index contributed by atoms with van der Waals surface area (Å²) < 4.78 is 11.2. The van der Waals surface area contributed by atoms with E-state index >= 15 is 0 Å². The van der Waals surface area contributed by atoms with Crippen LogP contribution >= 0.6 is 0 Å². The third kappa shape index (κ3) is 2.11. The Bertz CT molecular complexity index is 73.3. The minimum Gasteiger partial charge on any atom is -0.282 e. The summed E-state index contributed by atoms with van der Waals surface area (Å²) in [6.45, 7) is -1.02. The number of rotatable bonds is 1. The van der Waals surface area contributed by atoms with Crippen LogP contribution in [0.1, 0.15) is 0 Å². The van der Waals surface area contributed by atoms with Gasteiger partial charge in [0.15, 0.2) is 6.67 Å². The van der Waals surface area contributed by atoms with Gasteiger partial charge in [-0.3, -0.25) is 9.80 Å². The van der Waals surface area contributed by atoms with E-state index in [2.05, 4.69) is 0 Å². The Balaban J connectivity index is 3.35. The van der Waals surface area contributed by atoms with E-state index < -0.39 is 12.6 Å². The molecule has 0 saturated heterocycles. The van der Waals surface area contributed by atoms with Gasteiger partial charge in [0.25, 0.3) is 5.91 Å². The van der Waals surface area contributed by atoms with E-state index in [1.807, 2.05) is 0 Å². The smallest absolute Gasteiger partial charge is 0.267 e. The molecule has 0 spiro atoms. The van der Waals surface area contributed by atoms with Gasteiger partial charge < -0.3 is 0 Å². The highest BCUT2D eigenvalue weighted by molar-refractivity contribution is 5.76. The van der Waals surface area contributed by atoms with Crippen LogP contribution in [0.3, 0.4) is 0 Å². The van der Waals surface area contributed by atoms with Crippen molar-refractivity contribution in [2.24, 2.45) is 5.84 Å². The molecule has 3 nitrogen and oxygen atoms in total. The predicted octanol–water partition coefficient (Wildman–Crippen LogP) is -0.712. The van der Waals surface area contributed by atoms with Crippen LogP contribution in [0.15, 0.2) is 0 Å². The van der Waals surface area contributed by atoms with Gasteiger partial charge in [-0.25, -0.2) is 10.2 Å². The summed E-state index contributed by atoms with van der Waals surface area (Å²) >= 11 is 0. The van der Waals surface area contributed by atoms with Crippen LogP contribution in [-0.4, -0.2) is 24.6 Å². The molecule has 0 aliphatic carbocycles. The SMILES string of the molecule is CN(N)C(=O)CF. The predicted molar refractivity (Wildman–Crippen MR) is 22.9 cm³/mol. The molecule has 0 saturated carbocycles. The molecule has 0 aliphatic rings. The number of nitrogens with zero attached hydrogens (tertiary/aromatic N) is 1. The zero-order valence-corrected chi connectivity index (χ0v) is 4.02. The quantitative estimate of drug-likeness (QED) is 0.272. The maximum Gasteiger partial charge on any atom is 0.267 e. The van der Waals surface area contributed by atoms with Crippen molar-refractivity contribution in [3.8, 4) is 0 Å². The maximum absolute atomic E-state index is 11.2. The molecule has 7 heavy (non-hydrogen) atoms. The van der Waals surface area contributed by atoms with Crippen LogP contribution in [-0.2, 0) is 4.79 Å². The standard InChI is InChI=1S/C3H7FN2O/c1-6(5)3(7)2-4/h2,5H2,1H3. The number of carbonyl (C=O) groups is 1. The van der Waals surface area contributed by atoms with Crippen molar-refractivity contribution < 1.29 is 9.18 Å². The number of halogens is 1. The van der Waals surface area contributed by atoms with Crippen molar-refractivity contribution in [3.63, 3.8) is 0 Å². The van der Waals surface area contributed by atoms with Crippen molar-refractivity contribution >= 4 is 5.91 Å². The Hall–Kier alpha value is -0.640. The summed E-state index contributed by atoms with van der Waals surface area (Å²) in [6.07, 6.45) is 0. The van der Waals surface area contributed by atoms with Gasteiger partial charge in [0, 0.05) is 7.05 Å². The molecule has 4 heteroatoms. The lowest BCUT2D eigenvalue weighted by Crippen LogP contribution is -2.34. The summed E-state index contributed by atoms with van der Waals surface area (Å²) in [5, 5.41) is 0.708. The zero-order chi connectivity index (χ0) is 5.86. The first-order chi connectivity index (χ1) is 3.18. The number of nitrogens with two attached hydrogens (primary N) is 1. The highest BCUT2D eigenvalue weighted by Gasteiger charge is 1.99. The molecule has 0 radical (unpaired) electrons. The maximum atomic E-state index is 11.2. The van der Waals surface area contributed by atoms with E-state index in [-0.39, 0.29) is 0 Å². The summed E-state index contributed by atoms with van der Waals surface area (Å²) in [5.74, 6) is 4.08. The molecule has 2 N–H and O–H groups in total. The first-order valence-corrected chi connectivity index (χ1v) is 1.75. The summed E-state index contributed by atoms with van der Waals surface area (Å²) in [6, 6.07) is 0. The molecule has 1 amide bonds. The van der Waals surface area contributed by atoms with Crippen molar-refractivity contribution in [2.75, 3.05) is 13.7 Å². The van der Waals surface area contributed by atoms with Gasteiger partial charge >= 0.3 is 0 Å². The average Bonchev–Trinajstić information content (AvgIpc) is 1.65. The van der Waals surface area contributed by atoms with Gasteiger partial charge in [-0.05, 0) is 0 Å². The number of hydrazine groups is 1. The van der Waals surface area contributed by atoms with E-state index in [9.17, 15) is 9.18 Å². The number of hydrogen-bond donors (Lipinski definition) is 1. The average molecular weight is 106 g/mol. The Labute approximate surface area is 40.9 Å². The van der Waals surface area contributed by atoms with Crippen LogP contribution in [0.4, 0.5) is 4.39 Å². The first kappa shape index (κ1) is 6.36. The van der Waals surface area contributed by atoms with Gasteiger partial charge in [0.2, 0.25) is 0 Å². The fourth-order valence-corrected chi connectivity index (χ4v) is 0.0943. The number of alkyl halides is 1. The van der Waals surface area contributed by atoms with Crippen molar-refractivity contribution in [3.05, 3.63) is 0 Å². The van der Waals surface area contributed by atoms with Crippen molar-refractivity contribution in [1.82, 2.24) is 5.01 Å². The molecule has 0 fully saturated rings. The number of amides is 1. The molecule has 0 unspecified atom stereocenters. The molecular formula is C3H7FN2O. The summed E-state index contributed by atoms with van der Waals surface area (Å²) in [5.41, 5.74) is 0. The van der Waals surface area contributed by atoms with Gasteiger partial charge in [-0.15, -0.1) is 0 Å². The lowest BCUT2D eigenvalue weighted by Gasteiger charge is -2.03. The lowest BCUT2D eigenvalue weighted by molar-refractivity contribution is -0.131. The molecule has 0 aromatic carbocycles. The van der Waals surface area contributed by atoms with Gasteiger partial charge in [0.1, 0.15) is 0 Å². The number of hydrogen-bond acceptors (Lipinski definition) is 2. The molecule has 0 heterocycles. The normalized spacial score (nSPS) is 8.43. The summed E-state index contributed by atoms with van der Waals surface area (Å²) in [4.78, 5) is 9.94. The second kappa shape index (κ2) is 2.52. The molecule has 42 valence electrons. The van der Waals surface area contributed by atoms with E-state index in [0.29, 0.717) is 5.01 Å². The van der Waals surface area contributed by atoms with E-state index in [4.69, 9.17) is 5.84 Å². The molecular weight excluding hydrogens is 99.0 g/mol. The molecule has 0 atom stereocenters. The Kier molecular flexibility index (Phi) is 2.29. The van der Waals surface area contributed by atoms with Crippen LogP contribution in [0, 0.1) is 0 Å². The third-order valence-electron chi connectivity index (χ3n) is 0.508. The molecule has 0 aromatic rings. The molecule has 0 aliphatic heterocycles. The van der Waals surface area contributed by atoms with Gasteiger partial charge in [-0.2, -0.15) is 0 Å². The lowest BCUT2D eigenvalue weighted by atomic mass is 10.7. The van der Waals surface area contributed by atoms with E-state index in [0.717, 1.165) is 0 Å². The topological polar surface area (TPSA) is 46.3 Å². The zero-order valence-electron chi connectivity index (χ0n) is 4.02. The van der Waals surface area contributed by atoms with E-state index in [1.54, 1.807) is 0 Å². The van der Waals surface area contributed by atoms with Crippen LogP contribution in [0.25, 0.3) is 0 Å². The summed E-state index contributed by atoms with van der Waals surface area (Å²) in [7, 11) is 1.29. The Morgan fingerprint density at radius 3 is 2.43 bits per heavy atom. The molecule has 0 bridgehead atoms. The monoisotopic (exact) mass is 106 g/mol. The Morgan fingerprint density at radius 2 is 2.43 bits per heavy atom. The highest BCUT2D eigenvalue weighted by Crippen LogP contribution is 1.72.